The highest BCUT2D eigenvalue weighted by Gasteiger charge is 2.21. The van der Waals surface area contributed by atoms with Gasteiger partial charge in [0.2, 0.25) is 5.88 Å². The van der Waals surface area contributed by atoms with Crippen LogP contribution < -0.4 is 9.64 Å². The lowest BCUT2D eigenvalue weighted by atomic mass is 9.99. The molecule has 1 saturated heterocycles. The van der Waals surface area contributed by atoms with E-state index in [-0.39, 0.29) is 6.61 Å². The molecule has 1 aliphatic heterocycles. The molecule has 106 valence electrons. The molecule has 0 radical (unpaired) electrons. The van der Waals surface area contributed by atoms with Gasteiger partial charge in [0.25, 0.3) is 0 Å². The minimum Gasteiger partial charge on any atom is -0.478 e. The Bertz CT molecular complexity index is 417. The van der Waals surface area contributed by atoms with Crippen molar-refractivity contribution in [2.24, 2.45) is 5.92 Å². The molecule has 6 heteroatoms. The maximum absolute atomic E-state index is 9.31. The first-order valence-electron chi connectivity index (χ1n) is 6.68. The first-order chi connectivity index (χ1) is 9.26. The summed E-state index contributed by atoms with van der Waals surface area (Å²) in [7, 11) is 0. The van der Waals surface area contributed by atoms with Crippen LogP contribution in [0, 0.1) is 5.92 Å². The number of rotatable bonds is 5. The second-order valence-corrected chi connectivity index (χ2v) is 5.39. The molecule has 0 aliphatic carbocycles. The Hall–Kier alpha value is -1.01. The van der Waals surface area contributed by atoms with Crippen molar-refractivity contribution in [3.8, 4) is 5.88 Å². The molecule has 1 N–H and O–H groups in total. The quantitative estimate of drug-likeness (QED) is 0.657. The number of thioether (sulfide) groups is 1. The fourth-order valence-corrected chi connectivity index (χ4v) is 2.66. The number of nitrogens with zero attached hydrogens (tertiary/aromatic N) is 3. The molecule has 0 saturated carbocycles. The summed E-state index contributed by atoms with van der Waals surface area (Å²) in [4.78, 5) is 11.1. The lowest BCUT2D eigenvalue weighted by Crippen LogP contribution is -2.37. The summed E-state index contributed by atoms with van der Waals surface area (Å²) < 4.78 is 5.49. The van der Waals surface area contributed by atoms with Crippen molar-refractivity contribution in [2.75, 3.05) is 37.5 Å². The van der Waals surface area contributed by atoms with Gasteiger partial charge in [-0.25, -0.2) is 4.98 Å². The van der Waals surface area contributed by atoms with Gasteiger partial charge in [-0.1, -0.05) is 11.8 Å². The van der Waals surface area contributed by atoms with Crippen molar-refractivity contribution < 1.29 is 9.84 Å². The molecule has 1 fully saturated rings. The SMILES string of the molecule is CCOc1cc(N2CCC[C@@H](CO)C2)nc(SC)n1. The second-order valence-electron chi connectivity index (χ2n) is 4.62. The summed E-state index contributed by atoms with van der Waals surface area (Å²) in [6, 6.07) is 1.89. The van der Waals surface area contributed by atoms with Crippen LogP contribution in [0.4, 0.5) is 5.82 Å². The second kappa shape index (κ2) is 6.96. The smallest absolute Gasteiger partial charge is 0.219 e. The fraction of sp³-hybridized carbons (Fsp3) is 0.692. The van der Waals surface area contributed by atoms with E-state index in [0.29, 0.717) is 18.4 Å². The maximum atomic E-state index is 9.31. The van der Waals surface area contributed by atoms with Gasteiger partial charge in [-0.05, 0) is 31.9 Å². The molecule has 0 bridgehead atoms. The van der Waals surface area contributed by atoms with Crippen LogP contribution in [-0.2, 0) is 0 Å². The molecule has 0 spiro atoms. The van der Waals surface area contributed by atoms with E-state index in [1.165, 1.54) is 11.8 Å². The number of hydrogen-bond donors (Lipinski definition) is 1. The average Bonchev–Trinajstić information content (AvgIpc) is 2.47. The Kier molecular flexibility index (Phi) is 5.27. The average molecular weight is 283 g/mol. The Balaban J connectivity index is 2.19. The molecule has 1 aromatic heterocycles. The molecule has 2 heterocycles. The third kappa shape index (κ3) is 3.73. The summed E-state index contributed by atoms with van der Waals surface area (Å²) in [6.07, 6.45) is 4.14. The molecule has 5 nitrogen and oxygen atoms in total. The summed E-state index contributed by atoms with van der Waals surface area (Å²) in [5.41, 5.74) is 0. The van der Waals surface area contributed by atoms with Crippen LogP contribution >= 0.6 is 11.8 Å². The highest BCUT2D eigenvalue weighted by molar-refractivity contribution is 7.98. The first-order valence-corrected chi connectivity index (χ1v) is 7.91. The van der Waals surface area contributed by atoms with Gasteiger partial charge in [-0.3, -0.25) is 0 Å². The molecule has 0 aromatic carbocycles. The van der Waals surface area contributed by atoms with E-state index in [0.717, 1.165) is 36.9 Å². The van der Waals surface area contributed by atoms with E-state index in [1.54, 1.807) is 0 Å². The molecule has 1 atom stereocenters. The van der Waals surface area contributed by atoms with E-state index in [9.17, 15) is 5.11 Å². The predicted molar refractivity (Wildman–Crippen MR) is 77.0 cm³/mol. The van der Waals surface area contributed by atoms with Crippen LogP contribution in [0.1, 0.15) is 19.8 Å². The third-order valence-corrected chi connectivity index (χ3v) is 3.79. The normalized spacial score (nSPS) is 19.5. The zero-order chi connectivity index (χ0) is 13.7. The zero-order valence-corrected chi connectivity index (χ0v) is 12.3. The van der Waals surface area contributed by atoms with Crippen LogP contribution in [0.2, 0.25) is 0 Å². The maximum Gasteiger partial charge on any atom is 0.219 e. The van der Waals surface area contributed by atoms with Gasteiger partial charge in [-0.2, -0.15) is 4.98 Å². The highest BCUT2D eigenvalue weighted by atomic mass is 32.2. The van der Waals surface area contributed by atoms with Gasteiger partial charge in [-0.15, -0.1) is 0 Å². The molecule has 0 unspecified atom stereocenters. The molecule has 0 amide bonds. The zero-order valence-electron chi connectivity index (χ0n) is 11.5. The van der Waals surface area contributed by atoms with Gasteiger partial charge < -0.3 is 14.7 Å². The Labute approximate surface area is 118 Å². The Morgan fingerprint density at radius 2 is 2.37 bits per heavy atom. The lowest BCUT2D eigenvalue weighted by Gasteiger charge is -2.32. The molecular formula is C13H21N3O2S. The monoisotopic (exact) mass is 283 g/mol. The number of aliphatic hydroxyl groups is 1. The number of anilines is 1. The fourth-order valence-electron chi connectivity index (χ4n) is 2.29. The molecule has 2 rings (SSSR count). The first kappa shape index (κ1) is 14.4. The van der Waals surface area contributed by atoms with E-state index in [1.807, 2.05) is 19.2 Å². The van der Waals surface area contributed by atoms with Crippen molar-refractivity contribution >= 4 is 17.6 Å². The minimum atomic E-state index is 0.245. The third-order valence-electron chi connectivity index (χ3n) is 3.24. The molecular weight excluding hydrogens is 262 g/mol. The summed E-state index contributed by atoms with van der Waals surface area (Å²) in [5, 5.41) is 10.0. The number of aliphatic hydroxyl groups excluding tert-OH is 1. The van der Waals surface area contributed by atoms with Crippen LogP contribution in [0.3, 0.4) is 0 Å². The summed E-state index contributed by atoms with van der Waals surface area (Å²) in [5.74, 6) is 1.88. The summed E-state index contributed by atoms with van der Waals surface area (Å²) in [6.45, 7) is 4.63. The van der Waals surface area contributed by atoms with Gasteiger partial charge in [0.1, 0.15) is 5.82 Å². The predicted octanol–water partition coefficient (Wildman–Crippen LogP) is 1.81. The van der Waals surface area contributed by atoms with Crippen molar-refractivity contribution in [1.82, 2.24) is 9.97 Å². The Morgan fingerprint density at radius 1 is 1.53 bits per heavy atom. The van der Waals surface area contributed by atoms with E-state index in [4.69, 9.17) is 4.74 Å². The largest absolute Gasteiger partial charge is 0.478 e. The van der Waals surface area contributed by atoms with Crippen LogP contribution in [0.5, 0.6) is 5.88 Å². The molecule has 19 heavy (non-hydrogen) atoms. The topological polar surface area (TPSA) is 58.5 Å². The van der Waals surface area contributed by atoms with Crippen LogP contribution in [0.25, 0.3) is 0 Å². The van der Waals surface area contributed by atoms with Gasteiger partial charge in [0.05, 0.1) is 6.61 Å². The van der Waals surface area contributed by atoms with Crippen LogP contribution in [0.15, 0.2) is 11.2 Å². The van der Waals surface area contributed by atoms with E-state index < -0.39 is 0 Å². The summed E-state index contributed by atoms with van der Waals surface area (Å²) >= 11 is 1.52. The van der Waals surface area contributed by atoms with Crippen molar-refractivity contribution in [2.45, 2.75) is 24.9 Å². The lowest BCUT2D eigenvalue weighted by molar-refractivity contribution is 0.208. The minimum absolute atomic E-state index is 0.245. The molecule has 1 aromatic rings. The van der Waals surface area contributed by atoms with Crippen molar-refractivity contribution in [3.63, 3.8) is 0 Å². The molecule has 1 aliphatic rings. The standard InChI is InChI=1S/C13H21N3O2S/c1-3-18-12-7-11(14-13(15-12)19-2)16-6-4-5-10(8-16)9-17/h7,10,17H,3-6,8-9H2,1-2H3/t10-/m1/s1. The van der Waals surface area contributed by atoms with E-state index in [2.05, 4.69) is 14.9 Å². The number of piperidine rings is 1. The van der Waals surface area contributed by atoms with Gasteiger partial charge in [0.15, 0.2) is 5.16 Å². The highest BCUT2D eigenvalue weighted by Crippen LogP contribution is 2.26. The van der Waals surface area contributed by atoms with Crippen molar-refractivity contribution in [1.29, 1.82) is 0 Å². The number of hydrogen-bond acceptors (Lipinski definition) is 6. The number of aromatic nitrogens is 2. The number of ether oxygens (including phenoxy) is 1. The van der Waals surface area contributed by atoms with E-state index >= 15 is 0 Å². The Morgan fingerprint density at radius 3 is 3.05 bits per heavy atom. The van der Waals surface area contributed by atoms with Crippen molar-refractivity contribution in [3.05, 3.63) is 6.07 Å². The van der Waals surface area contributed by atoms with Gasteiger partial charge >= 0.3 is 0 Å². The van der Waals surface area contributed by atoms with Crippen LogP contribution in [-0.4, -0.2) is 47.6 Å². The van der Waals surface area contributed by atoms with Gasteiger partial charge in [0, 0.05) is 25.8 Å².